The summed E-state index contributed by atoms with van der Waals surface area (Å²) in [6.45, 7) is 1.86. The van der Waals surface area contributed by atoms with Gasteiger partial charge in [-0.25, -0.2) is 4.98 Å². The Balaban J connectivity index is 2.93. The van der Waals surface area contributed by atoms with Crippen molar-refractivity contribution < 1.29 is 9.90 Å². The van der Waals surface area contributed by atoms with Crippen LogP contribution in [0.4, 0.5) is 0 Å². The van der Waals surface area contributed by atoms with Crippen LogP contribution in [0, 0.1) is 0 Å². The second-order valence-electron chi connectivity index (χ2n) is 2.53. The van der Waals surface area contributed by atoms with Crippen molar-refractivity contribution in [1.82, 2.24) is 4.98 Å². The normalized spacial score (nSPS) is 12.5. The lowest BCUT2D eigenvalue weighted by Gasteiger charge is -2.06. The Kier molecular flexibility index (Phi) is 2.94. The first-order chi connectivity index (χ1) is 5.77. The molecule has 0 saturated heterocycles. The van der Waals surface area contributed by atoms with E-state index in [9.17, 15) is 9.90 Å². The number of carbonyl (C=O) groups excluding carboxylic acids is 1. The molecule has 3 nitrogen and oxygen atoms in total. The highest BCUT2D eigenvalue weighted by Crippen LogP contribution is 2.12. The minimum atomic E-state index is -0.565. The number of rotatable bonds is 3. The van der Waals surface area contributed by atoms with Crippen LogP contribution in [0.2, 0.25) is 0 Å². The molecule has 1 aromatic heterocycles. The van der Waals surface area contributed by atoms with Gasteiger partial charge in [0.05, 0.1) is 11.8 Å². The summed E-state index contributed by atoms with van der Waals surface area (Å²) in [7, 11) is 0. The first kappa shape index (κ1) is 8.87. The van der Waals surface area contributed by atoms with Gasteiger partial charge in [-0.15, -0.1) is 0 Å². The lowest BCUT2D eigenvalue weighted by Crippen LogP contribution is -2.00. The van der Waals surface area contributed by atoms with Crippen LogP contribution in [0.15, 0.2) is 18.2 Å². The van der Waals surface area contributed by atoms with Gasteiger partial charge < -0.3 is 5.11 Å². The van der Waals surface area contributed by atoms with Crippen LogP contribution >= 0.6 is 0 Å². The Bertz CT molecular complexity index is 273. The van der Waals surface area contributed by atoms with Crippen molar-refractivity contribution in [2.45, 2.75) is 19.4 Å². The predicted molar refractivity (Wildman–Crippen MR) is 44.9 cm³/mol. The van der Waals surface area contributed by atoms with Crippen molar-refractivity contribution >= 4 is 6.29 Å². The van der Waals surface area contributed by atoms with Gasteiger partial charge in [-0.1, -0.05) is 13.0 Å². The van der Waals surface area contributed by atoms with Crippen LogP contribution in [0.25, 0.3) is 0 Å². The summed E-state index contributed by atoms with van der Waals surface area (Å²) in [5, 5.41) is 9.37. The summed E-state index contributed by atoms with van der Waals surface area (Å²) in [6.07, 6.45) is 0.714. The molecule has 0 saturated carbocycles. The molecule has 12 heavy (non-hydrogen) atoms. The van der Waals surface area contributed by atoms with E-state index in [1.54, 1.807) is 18.2 Å². The third-order valence-corrected chi connectivity index (χ3v) is 1.64. The van der Waals surface area contributed by atoms with Gasteiger partial charge in [0.25, 0.3) is 0 Å². The number of carbonyl (C=O) groups is 1. The largest absolute Gasteiger partial charge is 0.387 e. The molecule has 0 aliphatic carbocycles. The number of nitrogens with zero attached hydrogens (tertiary/aromatic N) is 1. The monoisotopic (exact) mass is 165 g/mol. The van der Waals surface area contributed by atoms with Crippen molar-refractivity contribution in [3.05, 3.63) is 29.6 Å². The van der Waals surface area contributed by atoms with Crippen LogP contribution in [0.5, 0.6) is 0 Å². The zero-order valence-electron chi connectivity index (χ0n) is 6.90. The highest BCUT2D eigenvalue weighted by Gasteiger charge is 2.05. The van der Waals surface area contributed by atoms with Crippen molar-refractivity contribution in [2.75, 3.05) is 0 Å². The third kappa shape index (κ3) is 1.89. The Morgan fingerprint density at radius 1 is 1.67 bits per heavy atom. The highest BCUT2D eigenvalue weighted by atomic mass is 16.3. The second-order valence-corrected chi connectivity index (χ2v) is 2.53. The molecular formula is C9H11NO2. The van der Waals surface area contributed by atoms with Crippen LogP contribution in [0.3, 0.4) is 0 Å². The molecule has 0 fully saturated rings. The maximum atomic E-state index is 10.3. The van der Waals surface area contributed by atoms with Gasteiger partial charge in [0.15, 0.2) is 6.29 Å². The zero-order valence-corrected chi connectivity index (χ0v) is 6.90. The lowest BCUT2D eigenvalue weighted by atomic mass is 10.2. The highest BCUT2D eigenvalue weighted by molar-refractivity contribution is 5.71. The number of aliphatic hydroxyl groups excluding tert-OH is 1. The maximum absolute atomic E-state index is 10.3. The summed E-state index contributed by atoms with van der Waals surface area (Å²) in [5.41, 5.74) is 0.919. The summed E-state index contributed by atoms with van der Waals surface area (Å²) in [6, 6.07) is 5.03. The summed E-state index contributed by atoms with van der Waals surface area (Å²) in [5.74, 6) is 0. The molecule has 1 unspecified atom stereocenters. The van der Waals surface area contributed by atoms with E-state index < -0.39 is 6.10 Å². The van der Waals surface area contributed by atoms with E-state index >= 15 is 0 Å². The molecule has 0 aliphatic rings. The molecule has 0 bridgehead atoms. The Morgan fingerprint density at radius 3 is 3.00 bits per heavy atom. The molecule has 3 heteroatoms. The number of aldehydes is 1. The molecule has 0 radical (unpaired) electrons. The molecule has 0 aromatic carbocycles. The number of pyridine rings is 1. The summed E-state index contributed by atoms with van der Waals surface area (Å²) >= 11 is 0. The molecule has 64 valence electrons. The van der Waals surface area contributed by atoms with Gasteiger partial charge >= 0.3 is 0 Å². The Labute approximate surface area is 71.1 Å². The topological polar surface area (TPSA) is 50.2 Å². The van der Waals surface area contributed by atoms with E-state index in [4.69, 9.17) is 0 Å². The van der Waals surface area contributed by atoms with Gasteiger partial charge in [0, 0.05) is 0 Å². The van der Waals surface area contributed by atoms with Crippen molar-refractivity contribution in [1.29, 1.82) is 0 Å². The van der Waals surface area contributed by atoms with Crippen LogP contribution in [-0.2, 0) is 0 Å². The molecular weight excluding hydrogens is 154 g/mol. The minimum Gasteiger partial charge on any atom is -0.387 e. The van der Waals surface area contributed by atoms with Gasteiger partial charge in [0.1, 0.15) is 5.69 Å². The average Bonchev–Trinajstić information content (AvgIpc) is 2.17. The van der Waals surface area contributed by atoms with E-state index in [0.29, 0.717) is 24.1 Å². The van der Waals surface area contributed by atoms with E-state index in [-0.39, 0.29) is 0 Å². The predicted octanol–water partition coefficient (Wildman–Crippen LogP) is 1.34. The zero-order chi connectivity index (χ0) is 8.97. The van der Waals surface area contributed by atoms with E-state index in [1.165, 1.54) is 0 Å². The molecule has 1 aromatic rings. The first-order valence-electron chi connectivity index (χ1n) is 3.88. The standard InChI is InChI=1S/C9H11NO2/c1-2-9(12)8-5-3-4-7(6-11)10-8/h3-6,9,12H,2H2,1H3. The quantitative estimate of drug-likeness (QED) is 0.687. The summed E-state index contributed by atoms with van der Waals surface area (Å²) in [4.78, 5) is 14.3. The van der Waals surface area contributed by atoms with Gasteiger partial charge in [-0.3, -0.25) is 4.79 Å². The van der Waals surface area contributed by atoms with Crippen molar-refractivity contribution in [2.24, 2.45) is 0 Å². The third-order valence-electron chi connectivity index (χ3n) is 1.64. The molecule has 0 spiro atoms. The molecule has 1 rings (SSSR count). The van der Waals surface area contributed by atoms with E-state index in [0.717, 1.165) is 0 Å². The number of aliphatic hydroxyl groups is 1. The second kappa shape index (κ2) is 3.97. The molecule has 1 heterocycles. The first-order valence-corrected chi connectivity index (χ1v) is 3.88. The van der Waals surface area contributed by atoms with Gasteiger partial charge in [-0.05, 0) is 18.6 Å². The van der Waals surface area contributed by atoms with E-state index in [1.807, 2.05) is 6.92 Å². The SMILES string of the molecule is CCC(O)c1cccc(C=O)n1. The van der Waals surface area contributed by atoms with Crippen molar-refractivity contribution in [3.63, 3.8) is 0 Å². The van der Waals surface area contributed by atoms with E-state index in [2.05, 4.69) is 4.98 Å². The number of hydrogen-bond donors (Lipinski definition) is 1. The fraction of sp³-hybridized carbons (Fsp3) is 0.333. The summed E-state index contributed by atoms with van der Waals surface area (Å²) < 4.78 is 0. The van der Waals surface area contributed by atoms with Crippen LogP contribution < -0.4 is 0 Å². The van der Waals surface area contributed by atoms with Crippen LogP contribution in [-0.4, -0.2) is 16.4 Å². The minimum absolute atomic E-state index is 0.361. The average molecular weight is 165 g/mol. The van der Waals surface area contributed by atoms with Crippen LogP contribution in [0.1, 0.15) is 35.6 Å². The molecule has 1 N–H and O–H groups in total. The van der Waals surface area contributed by atoms with Gasteiger partial charge in [-0.2, -0.15) is 0 Å². The Hall–Kier alpha value is -1.22. The van der Waals surface area contributed by atoms with Crippen molar-refractivity contribution in [3.8, 4) is 0 Å². The number of aromatic nitrogens is 1. The van der Waals surface area contributed by atoms with Gasteiger partial charge in [0.2, 0.25) is 0 Å². The maximum Gasteiger partial charge on any atom is 0.168 e. The molecule has 1 atom stereocenters. The lowest BCUT2D eigenvalue weighted by molar-refractivity contribution is 0.111. The smallest absolute Gasteiger partial charge is 0.168 e. The molecule has 0 amide bonds. The fourth-order valence-electron chi connectivity index (χ4n) is 0.929. The fourth-order valence-corrected chi connectivity index (χ4v) is 0.929. The number of hydrogen-bond acceptors (Lipinski definition) is 3. The Morgan fingerprint density at radius 2 is 2.42 bits per heavy atom. The molecule has 0 aliphatic heterocycles.